The third-order valence-corrected chi connectivity index (χ3v) is 16.3. The number of aromatic nitrogens is 1. The second-order valence-electron chi connectivity index (χ2n) is 21.2. The Hall–Kier alpha value is -5.80. The van der Waals surface area contributed by atoms with Crippen molar-refractivity contribution in [1.82, 2.24) is 4.48 Å². The largest absolute Gasteiger partial charge is 0.378 e. The average Bonchev–Trinajstić information content (AvgIpc) is 3.79. The van der Waals surface area contributed by atoms with E-state index < -0.39 is 0 Å². The van der Waals surface area contributed by atoms with Crippen LogP contribution in [0.25, 0.3) is 55.1 Å². The summed E-state index contributed by atoms with van der Waals surface area (Å²) >= 11 is 0. The van der Waals surface area contributed by atoms with Crippen LogP contribution in [0.1, 0.15) is 107 Å². The molecule has 0 unspecified atom stereocenters. The predicted octanol–water partition coefficient (Wildman–Crippen LogP) is 13.5. The minimum Gasteiger partial charge on any atom is -0.378 e. The summed E-state index contributed by atoms with van der Waals surface area (Å²) in [6.45, 7) is 22.0. The molecule has 60 heavy (non-hydrogen) atoms. The van der Waals surface area contributed by atoms with Crippen molar-refractivity contribution in [2.24, 2.45) is 0 Å². The Morgan fingerprint density at radius 3 is 1.88 bits per heavy atom. The summed E-state index contributed by atoms with van der Waals surface area (Å²) in [6.07, 6.45) is 2.39. The molecule has 3 aliphatic carbocycles. The molecule has 5 aliphatic rings. The van der Waals surface area contributed by atoms with Gasteiger partial charge in [-0.2, -0.15) is 0 Å². The van der Waals surface area contributed by atoms with E-state index in [-0.39, 0.29) is 28.5 Å². The highest BCUT2D eigenvalue weighted by molar-refractivity contribution is 6.90. The van der Waals surface area contributed by atoms with Gasteiger partial charge in [-0.15, -0.1) is 0 Å². The molecule has 7 aromatic carbocycles. The van der Waals surface area contributed by atoms with E-state index in [0.717, 1.165) is 0 Å². The molecule has 0 fully saturated rings. The Labute approximate surface area is 355 Å². The van der Waals surface area contributed by atoms with E-state index in [0.29, 0.717) is 0 Å². The van der Waals surface area contributed by atoms with Crippen LogP contribution in [-0.4, -0.2) is 11.3 Å². The van der Waals surface area contributed by atoms with E-state index >= 15 is 0 Å². The van der Waals surface area contributed by atoms with Gasteiger partial charge in [-0.25, -0.2) is 0 Å². The van der Waals surface area contributed by atoms with Crippen LogP contribution in [0.2, 0.25) is 0 Å². The zero-order chi connectivity index (χ0) is 41.0. The molecular weight excluding hydrogens is 723 g/mol. The second kappa shape index (κ2) is 10.9. The van der Waals surface area contributed by atoms with Crippen molar-refractivity contribution in [2.75, 3.05) is 4.90 Å². The molecule has 0 spiro atoms. The van der Waals surface area contributed by atoms with Gasteiger partial charge in [0.2, 0.25) is 0 Å². The van der Waals surface area contributed by atoms with Crippen molar-refractivity contribution < 1.29 is 0 Å². The van der Waals surface area contributed by atoms with Gasteiger partial charge in [0.15, 0.2) is 0 Å². The Balaban J connectivity index is 1.22. The molecule has 0 atom stereocenters. The molecule has 3 heteroatoms. The van der Waals surface area contributed by atoms with Crippen molar-refractivity contribution in [3.05, 3.63) is 160 Å². The average molecular weight is 775 g/mol. The van der Waals surface area contributed by atoms with Crippen molar-refractivity contribution >= 4 is 56.5 Å². The summed E-state index contributed by atoms with van der Waals surface area (Å²) in [6, 6.07) is 47.7. The maximum atomic E-state index is 2.84. The number of para-hydroxylation sites is 1. The SMILES string of the molecule is Cc1cc2c(cc1N1c3cc4c(cc3B3c5c1cc1ccccc1c5-c1cccc5c6c(n3c15)C(C)(C)c1ccccc1-6)C(C)(C)c1ccccc1-4)C(C)(C)CCC2(C)C. The third-order valence-electron chi connectivity index (χ3n) is 16.3. The molecule has 0 amide bonds. The molecule has 0 saturated carbocycles. The zero-order valence-electron chi connectivity index (χ0n) is 36.4. The third kappa shape index (κ3) is 4.03. The minimum absolute atomic E-state index is 0.0151. The van der Waals surface area contributed by atoms with Gasteiger partial charge in [0.25, 0.3) is 0 Å². The predicted molar refractivity (Wildman–Crippen MR) is 255 cm³/mol. The fraction of sp³-hybridized carbons (Fsp3) is 0.263. The quantitative estimate of drug-likeness (QED) is 0.151. The van der Waals surface area contributed by atoms with Gasteiger partial charge in [-0.1, -0.05) is 159 Å². The first kappa shape index (κ1) is 35.0. The van der Waals surface area contributed by atoms with Crippen molar-refractivity contribution in [1.29, 1.82) is 0 Å². The van der Waals surface area contributed by atoms with E-state index in [1.54, 1.807) is 0 Å². The number of hydrogen-bond donors (Lipinski definition) is 0. The highest BCUT2D eigenvalue weighted by atomic mass is 15.2. The first-order valence-electron chi connectivity index (χ1n) is 22.3. The van der Waals surface area contributed by atoms with E-state index in [9.17, 15) is 0 Å². The van der Waals surface area contributed by atoms with Crippen molar-refractivity contribution in [2.45, 2.75) is 96.8 Å². The molecule has 2 aliphatic heterocycles. The zero-order valence-corrected chi connectivity index (χ0v) is 36.4. The number of nitrogens with zero attached hydrogens (tertiary/aromatic N) is 2. The standard InChI is InChI=1S/C57H51BN2/c1-32-27-43-44(55(4,5)26-25-54(43,2)3)31-46(32)59-47-29-39-35-19-12-14-23-40(35)56(6,7)42(39)30-45(47)58-51-48(59)28-33-17-10-11-18-34(33)49(51)37-21-16-22-38-50-36-20-13-15-24-41(36)57(8,9)53(50)60(58)52(37)38/h10-24,27-31H,25-26H2,1-9H3. The summed E-state index contributed by atoms with van der Waals surface area (Å²) < 4.78 is 2.84. The fourth-order valence-corrected chi connectivity index (χ4v) is 13.1. The van der Waals surface area contributed by atoms with Gasteiger partial charge >= 0.3 is 6.85 Å². The van der Waals surface area contributed by atoms with E-state index in [1.165, 1.54) is 135 Å². The minimum atomic E-state index is -0.187. The smallest absolute Gasteiger partial charge is 0.332 e. The van der Waals surface area contributed by atoms with E-state index in [1.807, 2.05) is 0 Å². The van der Waals surface area contributed by atoms with Crippen LogP contribution in [-0.2, 0) is 21.7 Å². The first-order chi connectivity index (χ1) is 28.7. The van der Waals surface area contributed by atoms with Crippen LogP contribution in [0.3, 0.4) is 0 Å². The molecular formula is C57H51BN2. The summed E-state index contributed by atoms with van der Waals surface area (Å²) in [5.74, 6) is 0. The van der Waals surface area contributed by atoms with Crippen LogP contribution in [0, 0.1) is 6.92 Å². The molecule has 1 aromatic heterocycles. The number of aryl methyl sites for hydroxylation is 1. The number of benzene rings is 7. The fourth-order valence-electron chi connectivity index (χ4n) is 13.1. The summed E-state index contributed by atoms with van der Waals surface area (Å²) in [4.78, 5) is 2.72. The molecule has 8 aromatic rings. The van der Waals surface area contributed by atoms with E-state index in [4.69, 9.17) is 0 Å². The van der Waals surface area contributed by atoms with Gasteiger partial charge in [0, 0.05) is 55.6 Å². The maximum absolute atomic E-state index is 2.84. The normalized spacial score (nSPS) is 18.4. The lowest BCUT2D eigenvalue weighted by atomic mass is 9.44. The van der Waals surface area contributed by atoms with Crippen LogP contribution >= 0.6 is 0 Å². The van der Waals surface area contributed by atoms with Crippen molar-refractivity contribution in [3.63, 3.8) is 0 Å². The molecule has 0 saturated heterocycles. The number of fused-ring (bicyclic) bond motifs is 15. The van der Waals surface area contributed by atoms with Gasteiger partial charge in [-0.3, -0.25) is 0 Å². The summed E-state index contributed by atoms with van der Waals surface area (Å²) in [5.41, 5.74) is 26.3. The van der Waals surface area contributed by atoms with Crippen LogP contribution in [0.4, 0.5) is 17.1 Å². The first-order valence-corrected chi connectivity index (χ1v) is 22.3. The summed E-state index contributed by atoms with van der Waals surface area (Å²) in [5, 5.41) is 4.00. The Morgan fingerprint density at radius 2 is 1.12 bits per heavy atom. The number of rotatable bonds is 1. The van der Waals surface area contributed by atoms with Gasteiger partial charge in [0.05, 0.1) is 0 Å². The van der Waals surface area contributed by atoms with Crippen LogP contribution in [0.15, 0.2) is 121 Å². The highest BCUT2D eigenvalue weighted by Gasteiger charge is 2.51. The lowest BCUT2D eigenvalue weighted by molar-refractivity contribution is 0.332. The molecule has 13 rings (SSSR count). The molecule has 0 N–H and O–H groups in total. The molecule has 292 valence electrons. The van der Waals surface area contributed by atoms with Gasteiger partial charge in [0.1, 0.15) is 0 Å². The number of anilines is 3. The highest BCUT2D eigenvalue weighted by Crippen LogP contribution is 2.58. The lowest BCUT2D eigenvalue weighted by Gasteiger charge is -2.45. The van der Waals surface area contributed by atoms with Crippen molar-refractivity contribution in [3.8, 4) is 33.4 Å². The summed E-state index contributed by atoms with van der Waals surface area (Å²) in [7, 11) is 0. The Bertz CT molecular complexity index is 3300. The monoisotopic (exact) mass is 774 g/mol. The second-order valence-corrected chi connectivity index (χ2v) is 21.2. The van der Waals surface area contributed by atoms with Crippen LogP contribution in [0.5, 0.6) is 0 Å². The molecule has 2 nitrogen and oxygen atoms in total. The van der Waals surface area contributed by atoms with Gasteiger partial charge < -0.3 is 9.38 Å². The van der Waals surface area contributed by atoms with Crippen LogP contribution < -0.4 is 15.8 Å². The molecule has 0 bridgehead atoms. The maximum Gasteiger partial charge on any atom is 0.332 e. The van der Waals surface area contributed by atoms with E-state index in [2.05, 4.69) is 193 Å². The van der Waals surface area contributed by atoms with Gasteiger partial charge in [-0.05, 0) is 126 Å². The number of hydrogen-bond acceptors (Lipinski definition) is 1. The Morgan fingerprint density at radius 1 is 0.483 bits per heavy atom. The Kier molecular flexibility index (Phi) is 6.37. The lowest BCUT2D eigenvalue weighted by Crippen LogP contribution is -2.58. The topological polar surface area (TPSA) is 8.17 Å². The molecule has 0 radical (unpaired) electrons. The molecule has 3 heterocycles.